The minimum Gasteiger partial charge on any atom is -0.347 e. The lowest BCUT2D eigenvalue weighted by Crippen LogP contribution is -2.48. The van der Waals surface area contributed by atoms with Gasteiger partial charge in [0, 0.05) is 38.8 Å². The van der Waals surface area contributed by atoms with Gasteiger partial charge >= 0.3 is 0 Å². The smallest absolute Gasteiger partial charge is 0.239 e. The number of hydrogen-bond donors (Lipinski definition) is 1. The zero-order valence-electron chi connectivity index (χ0n) is 12.7. The molecule has 1 aliphatic heterocycles. The summed E-state index contributed by atoms with van der Waals surface area (Å²) in [7, 11) is 3.65. The maximum Gasteiger partial charge on any atom is 0.239 e. The fourth-order valence-electron chi connectivity index (χ4n) is 2.74. The van der Waals surface area contributed by atoms with Crippen LogP contribution in [0.1, 0.15) is 40.5 Å². The molecule has 4 heteroatoms. The highest BCUT2D eigenvalue weighted by atomic mass is 16.2. The van der Waals surface area contributed by atoms with Gasteiger partial charge < -0.3 is 10.2 Å². The molecule has 106 valence electrons. The predicted octanol–water partition coefficient (Wildman–Crippen LogP) is 1.31. The first-order chi connectivity index (χ1) is 8.32. The van der Waals surface area contributed by atoms with E-state index in [9.17, 15) is 4.79 Å². The van der Waals surface area contributed by atoms with Crippen LogP contribution in [-0.2, 0) is 4.79 Å². The molecule has 1 heterocycles. The third kappa shape index (κ3) is 3.95. The third-order valence-corrected chi connectivity index (χ3v) is 3.74. The average Bonchev–Trinajstić information content (AvgIpc) is 2.72. The number of hydrogen-bond acceptors (Lipinski definition) is 3. The van der Waals surface area contributed by atoms with Crippen molar-refractivity contribution in [3.8, 4) is 0 Å². The van der Waals surface area contributed by atoms with Gasteiger partial charge in [-0.25, -0.2) is 0 Å². The molecule has 0 aromatic heterocycles. The number of nitrogens with zero attached hydrogens (tertiary/aromatic N) is 2. The highest BCUT2D eigenvalue weighted by molar-refractivity contribution is 5.81. The van der Waals surface area contributed by atoms with Crippen LogP contribution in [0.4, 0.5) is 0 Å². The van der Waals surface area contributed by atoms with E-state index in [1.165, 1.54) is 0 Å². The number of carbonyl (C=O) groups excluding carboxylic acids is 1. The van der Waals surface area contributed by atoms with Crippen LogP contribution in [0.2, 0.25) is 0 Å². The number of carbonyl (C=O) groups is 1. The Hall–Kier alpha value is -0.610. The van der Waals surface area contributed by atoms with Gasteiger partial charge in [-0.3, -0.25) is 9.69 Å². The van der Waals surface area contributed by atoms with Crippen molar-refractivity contribution in [2.75, 3.05) is 20.6 Å². The molecule has 1 fully saturated rings. The predicted molar refractivity (Wildman–Crippen MR) is 75.6 cm³/mol. The van der Waals surface area contributed by atoms with Crippen molar-refractivity contribution in [3.63, 3.8) is 0 Å². The zero-order valence-corrected chi connectivity index (χ0v) is 12.7. The summed E-state index contributed by atoms with van der Waals surface area (Å²) in [4.78, 5) is 16.1. The Morgan fingerprint density at radius 2 is 1.72 bits per heavy atom. The molecule has 4 nitrogen and oxygen atoms in total. The number of rotatable bonds is 5. The van der Waals surface area contributed by atoms with Crippen LogP contribution in [0.15, 0.2) is 0 Å². The molecule has 1 saturated heterocycles. The van der Waals surface area contributed by atoms with E-state index in [4.69, 9.17) is 0 Å². The molecule has 18 heavy (non-hydrogen) atoms. The second-order valence-corrected chi connectivity index (χ2v) is 6.11. The summed E-state index contributed by atoms with van der Waals surface area (Å²) in [6, 6.07) is 1.57. The van der Waals surface area contributed by atoms with Gasteiger partial charge in [-0.15, -0.1) is 0 Å². The first-order valence-corrected chi connectivity index (χ1v) is 7.05. The van der Waals surface area contributed by atoms with Gasteiger partial charge in [-0.05, 0) is 40.5 Å². The second kappa shape index (κ2) is 6.53. The lowest BCUT2D eigenvalue weighted by Gasteiger charge is -2.33. The van der Waals surface area contributed by atoms with E-state index in [0.717, 1.165) is 19.4 Å². The maximum absolute atomic E-state index is 11.9. The van der Waals surface area contributed by atoms with E-state index in [-0.39, 0.29) is 11.9 Å². The van der Waals surface area contributed by atoms with Gasteiger partial charge in [-0.2, -0.15) is 0 Å². The van der Waals surface area contributed by atoms with Gasteiger partial charge in [0.25, 0.3) is 0 Å². The van der Waals surface area contributed by atoms with Gasteiger partial charge in [0.1, 0.15) is 0 Å². The quantitative estimate of drug-likeness (QED) is 0.804. The molecule has 1 amide bonds. The summed E-state index contributed by atoms with van der Waals surface area (Å²) < 4.78 is 0. The van der Waals surface area contributed by atoms with Gasteiger partial charge in [-0.1, -0.05) is 0 Å². The van der Waals surface area contributed by atoms with E-state index in [0.29, 0.717) is 18.1 Å². The Labute approximate surface area is 112 Å². The molecule has 0 radical (unpaired) electrons. The summed E-state index contributed by atoms with van der Waals surface area (Å²) in [5, 5.41) is 3.48. The number of amides is 1. The van der Waals surface area contributed by atoms with Crippen LogP contribution in [0, 0.1) is 0 Å². The number of nitrogens with one attached hydrogen (secondary N) is 1. The van der Waals surface area contributed by atoms with Crippen LogP contribution < -0.4 is 5.32 Å². The van der Waals surface area contributed by atoms with E-state index >= 15 is 0 Å². The molecule has 0 bridgehead atoms. The first kappa shape index (κ1) is 15.4. The molecule has 0 aromatic carbocycles. The third-order valence-electron chi connectivity index (χ3n) is 3.74. The fraction of sp³-hybridized carbons (Fsp3) is 0.929. The minimum atomic E-state index is 0.0196. The molecular weight excluding hydrogens is 226 g/mol. The summed E-state index contributed by atoms with van der Waals surface area (Å²) in [5.74, 6) is 0.207. The largest absolute Gasteiger partial charge is 0.347 e. The van der Waals surface area contributed by atoms with Crippen molar-refractivity contribution < 1.29 is 4.79 Å². The Bertz CT molecular complexity index is 268. The molecule has 0 aliphatic carbocycles. The molecule has 2 unspecified atom stereocenters. The summed E-state index contributed by atoms with van der Waals surface area (Å²) in [5.41, 5.74) is 0. The van der Waals surface area contributed by atoms with Crippen LogP contribution >= 0.6 is 0 Å². The molecule has 0 spiro atoms. The monoisotopic (exact) mass is 255 g/mol. The Balaban J connectivity index is 2.49. The summed E-state index contributed by atoms with van der Waals surface area (Å²) >= 11 is 0. The maximum atomic E-state index is 11.9. The van der Waals surface area contributed by atoms with Gasteiger partial charge in [0.05, 0.1) is 6.04 Å². The van der Waals surface area contributed by atoms with Gasteiger partial charge in [0.15, 0.2) is 0 Å². The van der Waals surface area contributed by atoms with Crippen molar-refractivity contribution in [2.24, 2.45) is 0 Å². The van der Waals surface area contributed by atoms with Crippen molar-refractivity contribution in [3.05, 3.63) is 0 Å². The van der Waals surface area contributed by atoms with E-state index in [2.05, 4.69) is 37.9 Å². The summed E-state index contributed by atoms with van der Waals surface area (Å²) in [6.45, 7) is 9.97. The standard InChI is InChI=1S/C14H29N3O/c1-10(2)17(11(3)4)9-12-7-8-13(15-12)14(18)16(5)6/h10-13,15H,7-9H2,1-6H3. The minimum absolute atomic E-state index is 0.0196. The molecular formula is C14H29N3O. The van der Waals surface area contributed by atoms with Crippen LogP contribution in [0.3, 0.4) is 0 Å². The Kier molecular flexibility index (Phi) is 5.60. The van der Waals surface area contributed by atoms with E-state index < -0.39 is 0 Å². The summed E-state index contributed by atoms with van der Waals surface area (Å²) in [6.07, 6.45) is 2.06. The fourth-order valence-corrected chi connectivity index (χ4v) is 2.74. The molecule has 0 saturated carbocycles. The van der Waals surface area contributed by atoms with Gasteiger partial charge in [0.2, 0.25) is 5.91 Å². The topological polar surface area (TPSA) is 35.6 Å². The molecule has 2 atom stereocenters. The molecule has 1 rings (SSSR count). The first-order valence-electron chi connectivity index (χ1n) is 7.05. The lowest BCUT2D eigenvalue weighted by molar-refractivity contribution is -0.130. The van der Waals surface area contributed by atoms with E-state index in [1.54, 1.807) is 4.90 Å². The average molecular weight is 255 g/mol. The van der Waals surface area contributed by atoms with Crippen LogP contribution in [0.5, 0.6) is 0 Å². The highest BCUT2D eigenvalue weighted by Gasteiger charge is 2.31. The van der Waals surface area contributed by atoms with Crippen molar-refractivity contribution in [1.29, 1.82) is 0 Å². The SMILES string of the molecule is CC(C)N(CC1CCC(C(=O)N(C)C)N1)C(C)C. The van der Waals surface area contributed by atoms with Crippen LogP contribution in [-0.4, -0.2) is 60.5 Å². The highest BCUT2D eigenvalue weighted by Crippen LogP contribution is 2.17. The van der Waals surface area contributed by atoms with E-state index in [1.807, 2.05) is 14.1 Å². The Morgan fingerprint density at radius 3 is 2.17 bits per heavy atom. The van der Waals surface area contributed by atoms with Crippen molar-refractivity contribution in [1.82, 2.24) is 15.1 Å². The molecule has 1 aliphatic rings. The molecule has 1 N–H and O–H groups in total. The van der Waals surface area contributed by atoms with Crippen molar-refractivity contribution in [2.45, 2.75) is 64.7 Å². The zero-order chi connectivity index (χ0) is 13.9. The molecule has 0 aromatic rings. The Morgan fingerprint density at radius 1 is 1.17 bits per heavy atom. The normalized spacial score (nSPS) is 24.3. The van der Waals surface area contributed by atoms with Crippen LogP contribution in [0.25, 0.3) is 0 Å². The lowest BCUT2D eigenvalue weighted by atomic mass is 10.1. The second-order valence-electron chi connectivity index (χ2n) is 6.11. The number of likely N-dealkylation sites (N-methyl/N-ethyl adjacent to an activating group) is 1. The van der Waals surface area contributed by atoms with Crippen molar-refractivity contribution >= 4 is 5.91 Å².